The molecule has 0 unspecified atom stereocenters. The van der Waals surface area contributed by atoms with Crippen LogP contribution in [0.4, 0.5) is 0 Å². The number of nitrogens with zero attached hydrogens (tertiary/aromatic N) is 1. The number of hydrogen-bond acceptors (Lipinski definition) is 3. The first-order valence-electron chi connectivity index (χ1n) is 5.22. The van der Waals surface area contributed by atoms with Crippen molar-refractivity contribution >= 4 is 15.9 Å². The molecule has 0 bridgehead atoms. The zero-order valence-electron chi connectivity index (χ0n) is 9.11. The molecule has 0 saturated carbocycles. The summed E-state index contributed by atoms with van der Waals surface area (Å²) in [5, 5.41) is 12.0. The van der Waals surface area contributed by atoms with Crippen molar-refractivity contribution < 1.29 is 4.42 Å². The average molecular weight is 291 g/mol. The van der Waals surface area contributed by atoms with Crippen molar-refractivity contribution in [2.45, 2.75) is 13.1 Å². The number of halogens is 1. The summed E-state index contributed by atoms with van der Waals surface area (Å²) < 4.78 is 6.10. The van der Waals surface area contributed by atoms with E-state index in [0.29, 0.717) is 18.7 Å². The molecule has 3 nitrogen and oxygen atoms in total. The second kappa shape index (κ2) is 5.67. The summed E-state index contributed by atoms with van der Waals surface area (Å²) in [5.41, 5.74) is 1.78. The lowest BCUT2D eigenvalue weighted by molar-refractivity contribution is 0.465. The molecule has 0 fully saturated rings. The monoisotopic (exact) mass is 290 g/mol. The number of rotatable bonds is 4. The molecular formula is C13H11BrN2O. The first-order valence-corrected chi connectivity index (χ1v) is 6.01. The number of furan rings is 1. The number of nitrogens with one attached hydrogen (secondary N) is 1. The van der Waals surface area contributed by atoms with Crippen LogP contribution in [0, 0.1) is 11.3 Å². The standard InChI is InChI=1S/C13H11BrN2O/c14-13-5-4-12(17-13)9-16-8-11-3-1-2-10(6-11)7-15/h1-6,16H,8-9H2. The van der Waals surface area contributed by atoms with E-state index >= 15 is 0 Å². The average Bonchev–Trinajstić information content (AvgIpc) is 2.75. The topological polar surface area (TPSA) is 49.0 Å². The summed E-state index contributed by atoms with van der Waals surface area (Å²) in [6.45, 7) is 1.39. The molecule has 0 amide bonds. The van der Waals surface area contributed by atoms with Crippen LogP contribution < -0.4 is 5.32 Å². The van der Waals surface area contributed by atoms with Crippen molar-refractivity contribution in [3.05, 3.63) is 58.0 Å². The van der Waals surface area contributed by atoms with Crippen LogP contribution in [0.1, 0.15) is 16.9 Å². The van der Waals surface area contributed by atoms with Gasteiger partial charge in [0.15, 0.2) is 4.67 Å². The van der Waals surface area contributed by atoms with Crippen molar-refractivity contribution in [2.75, 3.05) is 0 Å². The molecule has 0 saturated heterocycles. The Morgan fingerprint density at radius 2 is 2.12 bits per heavy atom. The Bertz CT molecular complexity index is 542. The molecule has 17 heavy (non-hydrogen) atoms. The molecule has 4 heteroatoms. The van der Waals surface area contributed by atoms with Gasteiger partial charge in [-0.3, -0.25) is 0 Å². The predicted octanol–water partition coefficient (Wildman–Crippen LogP) is 3.20. The van der Waals surface area contributed by atoms with Crippen LogP contribution in [-0.2, 0) is 13.1 Å². The smallest absolute Gasteiger partial charge is 0.169 e. The largest absolute Gasteiger partial charge is 0.453 e. The van der Waals surface area contributed by atoms with Gasteiger partial charge in [-0.2, -0.15) is 5.26 Å². The van der Waals surface area contributed by atoms with Gasteiger partial charge in [0.1, 0.15) is 5.76 Å². The minimum Gasteiger partial charge on any atom is -0.453 e. The first kappa shape index (κ1) is 11.9. The van der Waals surface area contributed by atoms with Crippen molar-refractivity contribution in [3.8, 4) is 6.07 Å². The Morgan fingerprint density at radius 1 is 1.24 bits per heavy atom. The molecule has 86 valence electrons. The third-order valence-corrected chi connectivity index (χ3v) is 2.74. The second-order valence-electron chi connectivity index (χ2n) is 3.62. The summed E-state index contributed by atoms with van der Waals surface area (Å²) in [7, 11) is 0. The van der Waals surface area contributed by atoms with Gasteiger partial charge in [0.25, 0.3) is 0 Å². The highest BCUT2D eigenvalue weighted by Gasteiger charge is 1.99. The maximum Gasteiger partial charge on any atom is 0.169 e. The third kappa shape index (κ3) is 3.45. The van der Waals surface area contributed by atoms with Crippen LogP contribution in [0.25, 0.3) is 0 Å². The van der Waals surface area contributed by atoms with Gasteiger partial charge in [-0.25, -0.2) is 0 Å². The van der Waals surface area contributed by atoms with Crippen molar-refractivity contribution in [3.63, 3.8) is 0 Å². The summed E-state index contributed by atoms with van der Waals surface area (Å²) in [6.07, 6.45) is 0. The summed E-state index contributed by atoms with van der Waals surface area (Å²) in [6, 6.07) is 13.5. The first-order chi connectivity index (χ1) is 8.28. The summed E-state index contributed by atoms with van der Waals surface area (Å²) >= 11 is 3.26. The summed E-state index contributed by atoms with van der Waals surface area (Å²) in [5.74, 6) is 0.883. The van der Waals surface area contributed by atoms with Crippen LogP contribution >= 0.6 is 15.9 Å². The maximum atomic E-state index is 8.78. The zero-order valence-corrected chi connectivity index (χ0v) is 10.7. The third-order valence-electron chi connectivity index (χ3n) is 2.31. The molecule has 0 radical (unpaired) electrons. The minimum atomic E-state index is 0.669. The van der Waals surface area contributed by atoms with E-state index in [0.717, 1.165) is 16.0 Å². The lowest BCUT2D eigenvalue weighted by Gasteiger charge is -2.03. The van der Waals surface area contributed by atoms with E-state index in [9.17, 15) is 0 Å². The van der Waals surface area contributed by atoms with E-state index in [1.54, 1.807) is 6.07 Å². The Morgan fingerprint density at radius 3 is 2.82 bits per heavy atom. The van der Waals surface area contributed by atoms with Crippen LogP contribution in [0.15, 0.2) is 45.5 Å². The molecule has 1 aromatic heterocycles. The van der Waals surface area contributed by atoms with E-state index < -0.39 is 0 Å². The lowest BCUT2D eigenvalue weighted by atomic mass is 10.1. The Kier molecular flexibility index (Phi) is 3.97. The maximum absolute atomic E-state index is 8.78. The Balaban J connectivity index is 1.88. The normalized spacial score (nSPS) is 10.1. The van der Waals surface area contributed by atoms with Gasteiger partial charge in [-0.15, -0.1) is 0 Å². The molecule has 0 aliphatic carbocycles. The molecule has 1 N–H and O–H groups in total. The Labute approximate surface area is 108 Å². The lowest BCUT2D eigenvalue weighted by Crippen LogP contribution is -2.12. The second-order valence-corrected chi connectivity index (χ2v) is 4.40. The number of nitriles is 1. The van der Waals surface area contributed by atoms with Crippen LogP contribution in [0.3, 0.4) is 0 Å². The summed E-state index contributed by atoms with van der Waals surface area (Å²) in [4.78, 5) is 0. The van der Waals surface area contributed by atoms with Crippen molar-refractivity contribution in [1.82, 2.24) is 5.32 Å². The SMILES string of the molecule is N#Cc1cccc(CNCc2ccc(Br)o2)c1. The Hall–Kier alpha value is -1.57. The highest BCUT2D eigenvalue weighted by Crippen LogP contribution is 2.13. The fraction of sp³-hybridized carbons (Fsp3) is 0.154. The number of hydrogen-bond donors (Lipinski definition) is 1. The molecule has 2 rings (SSSR count). The minimum absolute atomic E-state index is 0.669. The molecule has 0 aliphatic rings. The van der Waals surface area contributed by atoms with Crippen LogP contribution in [-0.4, -0.2) is 0 Å². The highest BCUT2D eigenvalue weighted by atomic mass is 79.9. The molecule has 2 aromatic rings. The quantitative estimate of drug-likeness (QED) is 0.941. The molecule has 0 aliphatic heterocycles. The molecule has 0 atom stereocenters. The van der Waals surface area contributed by atoms with Gasteiger partial charge >= 0.3 is 0 Å². The molecule has 1 aromatic carbocycles. The fourth-order valence-electron chi connectivity index (χ4n) is 1.53. The van der Waals surface area contributed by atoms with E-state index in [1.807, 2.05) is 30.3 Å². The van der Waals surface area contributed by atoms with E-state index in [4.69, 9.17) is 9.68 Å². The van der Waals surface area contributed by atoms with Gasteiger partial charge in [-0.1, -0.05) is 12.1 Å². The van der Waals surface area contributed by atoms with E-state index in [-0.39, 0.29) is 0 Å². The zero-order chi connectivity index (χ0) is 12.1. The van der Waals surface area contributed by atoms with Crippen molar-refractivity contribution in [1.29, 1.82) is 5.26 Å². The van der Waals surface area contributed by atoms with Gasteiger partial charge in [0.2, 0.25) is 0 Å². The predicted molar refractivity (Wildman–Crippen MR) is 68.1 cm³/mol. The van der Waals surface area contributed by atoms with Gasteiger partial charge < -0.3 is 9.73 Å². The van der Waals surface area contributed by atoms with Gasteiger partial charge in [0.05, 0.1) is 18.2 Å². The van der Waals surface area contributed by atoms with E-state index in [1.165, 1.54) is 0 Å². The fourth-order valence-corrected chi connectivity index (χ4v) is 1.87. The van der Waals surface area contributed by atoms with Gasteiger partial charge in [0, 0.05) is 6.54 Å². The van der Waals surface area contributed by atoms with Gasteiger partial charge in [-0.05, 0) is 45.8 Å². The number of benzene rings is 1. The van der Waals surface area contributed by atoms with Crippen molar-refractivity contribution in [2.24, 2.45) is 0 Å². The van der Waals surface area contributed by atoms with E-state index in [2.05, 4.69) is 27.3 Å². The molecular weight excluding hydrogens is 280 g/mol. The molecule has 0 spiro atoms. The van der Waals surface area contributed by atoms with Crippen LogP contribution in [0.5, 0.6) is 0 Å². The van der Waals surface area contributed by atoms with Crippen LogP contribution in [0.2, 0.25) is 0 Å². The highest BCUT2D eigenvalue weighted by molar-refractivity contribution is 9.10. The molecule has 1 heterocycles.